The minimum absolute atomic E-state index is 0.0538. The lowest BCUT2D eigenvalue weighted by molar-refractivity contribution is -0.138. The number of aromatic amines is 2. The molecule has 1 aliphatic carbocycles. The first kappa shape index (κ1) is 15.9. The van der Waals surface area contributed by atoms with Crippen molar-refractivity contribution < 1.29 is 9.59 Å². The Balaban J connectivity index is 1.46. The number of benzene rings is 1. The number of carbonyl (C=O) groups is 2. The number of amides is 2. The maximum atomic E-state index is 12.8. The van der Waals surface area contributed by atoms with E-state index in [0.717, 1.165) is 32.2 Å². The first-order valence-corrected chi connectivity index (χ1v) is 8.92. The molecule has 0 radical (unpaired) electrons. The van der Waals surface area contributed by atoms with Crippen LogP contribution in [0.4, 0.5) is 0 Å². The number of rotatable bonds is 2. The summed E-state index contributed by atoms with van der Waals surface area (Å²) in [6, 6.07) is 5.18. The zero-order valence-corrected chi connectivity index (χ0v) is 14.1. The molecule has 2 heterocycles. The number of nitrogens with zero attached hydrogens (tertiary/aromatic N) is 2. The van der Waals surface area contributed by atoms with Crippen molar-refractivity contribution in [1.29, 1.82) is 0 Å². The average Bonchev–Trinajstić information content (AvgIpc) is 2.76. The van der Waals surface area contributed by atoms with Crippen LogP contribution in [0.1, 0.15) is 36.0 Å². The molecule has 25 heavy (non-hydrogen) atoms. The number of hydrogen-bond donors (Lipinski definition) is 2. The highest BCUT2D eigenvalue weighted by Gasteiger charge is 2.31. The van der Waals surface area contributed by atoms with E-state index in [1.54, 1.807) is 23.1 Å². The van der Waals surface area contributed by atoms with Gasteiger partial charge in [0.1, 0.15) is 0 Å². The third kappa shape index (κ3) is 3.06. The third-order valence-electron chi connectivity index (χ3n) is 5.31. The molecule has 1 aliphatic heterocycles. The van der Waals surface area contributed by atoms with Gasteiger partial charge in [-0.15, -0.1) is 0 Å². The van der Waals surface area contributed by atoms with Crippen molar-refractivity contribution in [2.75, 3.05) is 26.2 Å². The molecular formula is C18H22N4O3. The first-order valence-electron chi connectivity index (χ1n) is 8.92. The van der Waals surface area contributed by atoms with E-state index in [1.807, 2.05) is 4.90 Å². The normalized spacial score (nSPS) is 18.9. The number of imidazole rings is 1. The molecule has 7 nitrogen and oxygen atoms in total. The fourth-order valence-corrected chi connectivity index (χ4v) is 3.60. The van der Waals surface area contributed by atoms with Gasteiger partial charge in [0.25, 0.3) is 5.91 Å². The molecule has 2 aliphatic rings. The average molecular weight is 342 g/mol. The second-order valence-electron chi connectivity index (χ2n) is 6.94. The summed E-state index contributed by atoms with van der Waals surface area (Å²) >= 11 is 0. The number of H-pyrrole nitrogens is 2. The molecule has 1 aromatic heterocycles. The molecule has 0 atom stereocenters. The first-order chi connectivity index (χ1) is 12.1. The van der Waals surface area contributed by atoms with Crippen LogP contribution in [-0.2, 0) is 4.79 Å². The highest BCUT2D eigenvalue weighted by atomic mass is 16.2. The van der Waals surface area contributed by atoms with E-state index in [1.165, 1.54) is 0 Å². The van der Waals surface area contributed by atoms with Crippen molar-refractivity contribution in [3.8, 4) is 0 Å². The van der Waals surface area contributed by atoms with Gasteiger partial charge in [-0.3, -0.25) is 9.59 Å². The molecule has 0 spiro atoms. The maximum absolute atomic E-state index is 12.8. The number of carbonyl (C=O) groups excluding carboxylic acids is 2. The van der Waals surface area contributed by atoms with Gasteiger partial charge in [-0.1, -0.05) is 6.42 Å². The number of hydrogen-bond acceptors (Lipinski definition) is 3. The van der Waals surface area contributed by atoms with Crippen molar-refractivity contribution in [3.05, 3.63) is 34.2 Å². The van der Waals surface area contributed by atoms with Crippen LogP contribution in [-0.4, -0.2) is 57.8 Å². The van der Waals surface area contributed by atoms with Crippen LogP contribution < -0.4 is 5.69 Å². The Morgan fingerprint density at radius 2 is 1.64 bits per heavy atom. The Morgan fingerprint density at radius 3 is 2.40 bits per heavy atom. The van der Waals surface area contributed by atoms with E-state index in [0.29, 0.717) is 36.2 Å². The topological polar surface area (TPSA) is 89.3 Å². The number of fused-ring (bicyclic) bond motifs is 1. The van der Waals surface area contributed by atoms with E-state index in [-0.39, 0.29) is 23.4 Å². The Hall–Kier alpha value is -2.57. The smallest absolute Gasteiger partial charge is 0.323 e. The lowest BCUT2D eigenvalue weighted by atomic mass is 9.84. The van der Waals surface area contributed by atoms with Gasteiger partial charge in [-0.25, -0.2) is 4.79 Å². The van der Waals surface area contributed by atoms with E-state index >= 15 is 0 Å². The Morgan fingerprint density at radius 1 is 0.920 bits per heavy atom. The molecule has 1 saturated carbocycles. The standard InChI is InChI=1S/C18H22N4O3/c23-16(12-3-1-4-12)21-7-2-8-22(10-9-21)17(24)13-5-6-14-15(11-13)20-18(25)19-14/h5-6,11-12H,1-4,7-10H2,(H2,19,20,25). The molecule has 2 aromatic rings. The summed E-state index contributed by atoms with van der Waals surface area (Å²) in [4.78, 5) is 45.7. The van der Waals surface area contributed by atoms with Crippen LogP contribution in [0.5, 0.6) is 0 Å². The largest absolute Gasteiger partial charge is 0.341 e. The van der Waals surface area contributed by atoms with Gasteiger partial charge in [0, 0.05) is 37.7 Å². The monoisotopic (exact) mass is 342 g/mol. The van der Waals surface area contributed by atoms with Gasteiger partial charge < -0.3 is 19.8 Å². The summed E-state index contributed by atoms with van der Waals surface area (Å²) in [6.07, 6.45) is 3.96. The van der Waals surface area contributed by atoms with E-state index < -0.39 is 0 Å². The Kier molecular flexibility index (Phi) is 4.07. The molecule has 1 aromatic carbocycles. The van der Waals surface area contributed by atoms with E-state index in [9.17, 15) is 14.4 Å². The molecule has 2 fully saturated rings. The van der Waals surface area contributed by atoms with Crippen molar-refractivity contribution in [2.24, 2.45) is 5.92 Å². The van der Waals surface area contributed by atoms with Gasteiger partial charge in [0.05, 0.1) is 11.0 Å². The minimum atomic E-state index is -0.278. The fraction of sp³-hybridized carbons (Fsp3) is 0.500. The SMILES string of the molecule is O=C(c1ccc2[nH]c(=O)[nH]c2c1)N1CCCN(C(=O)C2CCC2)CC1. The summed E-state index contributed by atoms with van der Waals surface area (Å²) < 4.78 is 0. The Bertz CT molecular complexity index is 865. The molecule has 132 valence electrons. The molecule has 0 bridgehead atoms. The van der Waals surface area contributed by atoms with Crippen LogP contribution in [0.3, 0.4) is 0 Å². The van der Waals surface area contributed by atoms with Gasteiger partial charge in [-0.05, 0) is 37.5 Å². The second-order valence-corrected chi connectivity index (χ2v) is 6.94. The summed E-state index contributed by atoms with van der Waals surface area (Å²) in [5.74, 6) is 0.406. The van der Waals surface area contributed by atoms with Crippen LogP contribution in [0.15, 0.2) is 23.0 Å². The summed E-state index contributed by atoms with van der Waals surface area (Å²) in [6.45, 7) is 2.53. The highest BCUT2D eigenvalue weighted by molar-refractivity contribution is 5.97. The summed E-state index contributed by atoms with van der Waals surface area (Å²) in [5.41, 5.74) is 1.60. The third-order valence-corrected chi connectivity index (χ3v) is 5.31. The second kappa shape index (κ2) is 6.38. The molecule has 2 N–H and O–H groups in total. The molecule has 2 amide bonds. The molecule has 1 saturated heterocycles. The minimum Gasteiger partial charge on any atom is -0.341 e. The lowest BCUT2D eigenvalue weighted by Crippen LogP contribution is -2.41. The molecule has 7 heteroatoms. The van der Waals surface area contributed by atoms with Crippen molar-refractivity contribution >= 4 is 22.8 Å². The van der Waals surface area contributed by atoms with E-state index in [4.69, 9.17) is 0 Å². The van der Waals surface area contributed by atoms with Crippen molar-refractivity contribution in [3.63, 3.8) is 0 Å². The van der Waals surface area contributed by atoms with Crippen molar-refractivity contribution in [1.82, 2.24) is 19.8 Å². The van der Waals surface area contributed by atoms with Gasteiger partial charge in [0.2, 0.25) is 5.91 Å². The van der Waals surface area contributed by atoms with Crippen LogP contribution >= 0.6 is 0 Å². The number of aromatic nitrogens is 2. The zero-order valence-electron chi connectivity index (χ0n) is 14.1. The summed E-state index contributed by atoms with van der Waals surface area (Å²) in [5, 5.41) is 0. The highest BCUT2D eigenvalue weighted by Crippen LogP contribution is 2.28. The molecule has 0 unspecified atom stereocenters. The predicted molar refractivity (Wildman–Crippen MR) is 93.4 cm³/mol. The maximum Gasteiger partial charge on any atom is 0.323 e. The van der Waals surface area contributed by atoms with E-state index in [2.05, 4.69) is 9.97 Å². The van der Waals surface area contributed by atoms with Crippen molar-refractivity contribution in [2.45, 2.75) is 25.7 Å². The quantitative estimate of drug-likeness (QED) is 0.863. The lowest BCUT2D eigenvalue weighted by Gasteiger charge is -2.31. The van der Waals surface area contributed by atoms with Gasteiger partial charge in [-0.2, -0.15) is 0 Å². The molecular weight excluding hydrogens is 320 g/mol. The fourth-order valence-electron chi connectivity index (χ4n) is 3.60. The van der Waals surface area contributed by atoms with Gasteiger partial charge >= 0.3 is 5.69 Å². The Labute approximate surface area is 145 Å². The van der Waals surface area contributed by atoms with Crippen LogP contribution in [0.2, 0.25) is 0 Å². The molecule has 4 rings (SSSR count). The number of nitrogens with one attached hydrogen (secondary N) is 2. The summed E-state index contributed by atoms with van der Waals surface area (Å²) in [7, 11) is 0. The zero-order chi connectivity index (χ0) is 17.4. The predicted octanol–water partition coefficient (Wildman–Crippen LogP) is 1.33. The van der Waals surface area contributed by atoms with Crippen LogP contribution in [0.25, 0.3) is 11.0 Å². The van der Waals surface area contributed by atoms with Crippen LogP contribution in [0, 0.1) is 5.92 Å². The van der Waals surface area contributed by atoms with Gasteiger partial charge in [0.15, 0.2) is 0 Å².